The maximum atomic E-state index is 11.9. The first-order chi connectivity index (χ1) is 8.41. The number of amides is 1. The van der Waals surface area contributed by atoms with Crippen molar-refractivity contribution < 1.29 is 4.79 Å². The Morgan fingerprint density at radius 2 is 2.22 bits per heavy atom. The average Bonchev–Trinajstić information content (AvgIpc) is 2.34. The molecule has 1 aliphatic carbocycles. The predicted molar refractivity (Wildman–Crippen MR) is 75.3 cm³/mol. The molecule has 0 aliphatic heterocycles. The highest BCUT2D eigenvalue weighted by Gasteiger charge is 2.37. The molecule has 3 unspecified atom stereocenters. The first-order valence-corrected chi connectivity index (χ1v) is 7.06. The van der Waals surface area contributed by atoms with Crippen LogP contribution in [0.2, 0.25) is 0 Å². The summed E-state index contributed by atoms with van der Waals surface area (Å²) >= 11 is 0. The number of rotatable bonds is 5. The van der Waals surface area contributed by atoms with E-state index in [-0.39, 0.29) is 17.4 Å². The zero-order valence-corrected chi connectivity index (χ0v) is 12.3. The zero-order chi connectivity index (χ0) is 13.8. The number of hydrogen-bond acceptors (Lipinski definition) is 3. The molecule has 0 heterocycles. The lowest BCUT2D eigenvalue weighted by molar-refractivity contribution is -0.125. The van der Waals surface area contributed by atoms with Crippen LogP contribution < -0.4 is 11.1 Å². The minimum atomic E-state index is -0.0924. The smallest absolute Gasteiger partial charge is 0.224 e. The maximum absolute atomic E-state index is 11.9. The van der Waals surface area contributed by atoms with Gasteiger partial charge in [0.15, 0.2) is 0 Å². The van der Waals surface area contributed by atoms with Crippen molar-refractivity contribution in [1.82, 2.24) is 10.2 Å². The van der Waals surface area contributed by atoms with Crippen LogP contribution in [0.4, 0.5) is 0 Å². The summed E-state index contributed by atoms with van der Waals surface area (Å²) in [5, 5.41) is 3.09. The van der Waals surface area contributed by atoms with Gasteiger partial charge in [0.1, 0.15) is 0 Å². The van der Waals surface area contributed by atoms with E-state index in [0.717, 1.165) is 18.9 Å². The van der Waals surface area contributed by atoms with Gasteiger partial charge in [-0.2, -0.15) is 0 Å². The molecule has 0 aromatic carbocycles. The third kappa shape index (κ3) is 3.69. The fourth-order valence-corrected chi connectivity index (χ4v) is 2.89. The van der Waals surface area contributed by atoms with Crippen LogP contribution in [-0.4, -0.2) is 43.5 Å². The molecular formula is C14H29N3O. The van der Waals surface area contributed by atoms with Crippen molar-refractivity contribution in [3.05, 3.63) is 0 Å². The molecule has 18 heavy (non-hydrogen) atoms. The molecule has 3 atom stereocenters. The van der Waals surface area contributed by atoms with Gasteiger partial charge in [0, 0.05) is 24.5 Å². The van der Waals surface area contributed by atoms with Gasteiger partial charge >= 0.3 is 0 Å². The summed E-state index contributed by atoms with van der Waals surface area (Å²) in [4.78, 5) is 14.1. The Hall–Kier alpha value is -0.610. The van der Waals surface area contributed by atoms with E-state index in [1.165, 1.54) is 19.3 Å². The normalized spacial score (nSPS) is 30.2. The van der Waals surface area contributed by atoms with Gasteiger partial charge in [-0.3, -0.25) is 4.79 Å². The zero-order valence-electron chi connectivity index (χ0n) is 12.3. The Bertz CT molecular complexity index is 280. The van der Waals surface area contributed by atoms with E-state index >= 15 is 0 Å². The molecule has 1 amide bonds. The minimum absolute atomic E-state index is 0.0805. The molecule has 0 saturated heterocycles. The fraction of sp³-hybridized carbons (Fsp3) is 0.929. The van der Waals surface area contributed by atoms with E-state index in [1.807, 2.05) is 6.92 Å². The summed E-state index contributed by atoms with van der Waals surface area (Å²) in [5.41, 5.74) is 5.65. The van der Waals surface area contributed by atoms with E-state index in [1.54, 1.807) is 0 Å². The van der Waals surface area contributed by atoms with E-state index in [0.29, 0.717) is 6.54 Å². The quantitative estimate of drug-likeness (QED) is 0.776. The Balaban J connectivity index is 2.61. The lowest BCUT2D eigenvalue weighted by Gasteiger charge is -2.45. The number of nitrogens with two attached hydrogens (primary N) is 1. The predicted octanol–water partition coefficient (Wildman–Crippen LogP) is 1.21. The summed E-state index contributed by atoms with van der Waals surface area (Å²) in [6.45, 7) is 5.34. The van der Waals surface area contributed by atoms with Crippen molar-refractivity contribution in [2.45, 2.75) is 45.1 Å². The molecule has 106 valence electrons. The summed E-state index contributed by atoms with van der Waals surface area (Å²) in [5.74, 6) is 0.729. The summed E-state index contributed by atoms with van der Waals surface area (Å²) in [6.07, 6.45) is 4.89. The van der Waals surface area contributed by atoms with Crippen LogP contribution in [0.25, 0.3) is 0 Å². The molecule has 0 bridgehead atoms. The van der Waals surface area contributed by atoms with Crippen LogP contribution in [0, 0.1) is 11.8 Å². The molecule has 0 radical (unpaired) electrons. The molecule has 1 aliphatic rings. The second-order valence-corrected chi connectivity index (χ2v) is 6.17. The molecule has 1 rings (SSSR count). The standard InChI is InChI=1S/C14H29N3O/c1-11-6-5-7-14(8-11,17(3)4)10-16-13(18)12(2)9-15/h11-12H,5-10,15H2,1-4H3,(H,16,18). The third-order valence-corrected chi connectivity index (χ3v) is 4.41. The lowest BCUT2D eigenvalue weighted by Crippen LogP contribution is -2.55. The number of likely N-dealkylation sites (N-methyl/N-ethyl adjacent to an activating group) is 1. The van der Waals surface area contributed by atoms with Gasteiger partial charge in [0.25, 0.3) is 0 Å². The first kappa shape index (κ1) is 15.4. The van der Waals surface area contributed by atoms with Gasteiger partial charge in [-0.25, -0.2) is 0 Å². The Kier molecular flexibility index (Phi) is 5.60. The summed E-state index contributed by atoms with van der Waals surface area (Å²) in [7, 11) is 4.24. The van der Waals surface area contributed by atoms with E-state index in [4.69, 9.17) is 5.73 Å². The van der Waals surface area contributed by atoms with Crippen LogP contribution >= 0.6 is 0 Å². The molecule has 0 spiro atoms. The van der Waals surface area contributed by atoms with E-state index < -0.39 is 0 Å². The second kappa shape index (κ2) is 6.53. The van der Waals surface area contributed by atoms with Crippen molar-refractivity contribution in [2.24, 2.45) is 17.6 Å². The van der Waals surface area contributed by atoms with Gasteiger partial charge in [-0.1, -0.05) is 26.7 Å². The van der Waals surface area contributed by atoms with Crippen molar-refractivity contribution in [3.63, 3.8) is 0 Å². The van der Waals surface area contributed by atoms with Crippen LogP contribution in [0.5, 0.6) is 0 Å². The molecule has 3 N–H and O–H groups in total. The first-order valence-electron chi connectivity index (χ1n) is 7.06. The topological polar surface area (TPSA) is 58.4 Å². The average molecular weight is 255 g/mol. The monoisotopic (exact) mass is 255 g/mol. The van der Waals surface area contributed by atoms with Crippen molar-refractivity contribution in [1.29, 1.82) is 0 Å². The molecule has 4 heteroatoms. The minimum Gasteiger partial charge on any atom is -0.354 e. The summed E-state index contributed by atoms with van der Waals surface area (Å²) < 4.78 is 0. The van der Waals surface area contributed by atoms with Gasteiger partial charge in [-0.15, -0.1) is 0 Å². The van der Waals surface area contributed by atoms with Gasteiger partial charge in [0.2, 0.25) is 5.91 Å². The molecular weight excluding hydrogens is 226 g/mol. The second-order valence-electron chi connectivity index (χ2n) is 6.17. The fourth-order valence-electron chi connectivity index (χ4n) is 2.89. The highest BCUT2D eigenvalue weighted by Crippen LogP contribution is 2.35. The van der Waals surface area contributed by atoms with Gasteiger partial charge < -0.3 is 16.0 Å². The molecule has 1 fully saturated rings. The van der Waals surface area contributed by atoms with Gasteiger partial charge in [-0.05, 0) is 32.9 Å². The number of nitrogens with one attached hydrogen (secondary N) is 1. The number of hydrogen-bond donors (Lipinski definition) is 2. The van der Waals surface area contributed by atoms with Crippen LogP contribution in [0.1, 0.15) is 39.5 Å². The van der Waals surface area contributed by atoms with Crippen molar-refractivity contribution >= 4 is 5.91 Å². The largest absolute Gasteiger partial charge is 0.354 e. The molecule has 0 aromatic heterocycles. The Morgan fingerprint density at radius 3 is 2.72 bits per heavy atom. The van der Waals surface area contributed by atoms with Crippen LogP contribution in [0.15, 0.2) is 0 Å². The van der Waals surface area contributed by atoms with Crippen LogP contribution in [0.3, 0.4) is 0 Å². The molecule has 4 nitrogen and oxygen atoms in total. The Morgan fingerprint density at radius 1 is 1.56 bits per heavy atom. The van der Waals surface area contributed by atoms with Gasteiger partial charge in [0.05, 0.1) is 0 Å². The SMILES string of the molecule is CC1CCCC(CNC(=O)C(C)CN)(N(C)C)C1. The maximum Gasteiger partial charge on any atom is 0.224 e. The molecule has 0 aromatic rings. The van der Waals surface area contributed by atoms with Crippen LogP contribution in [-0.2, 0) is 4.79 Å². The number of carbonyl (C=O) groups excluding carboxylic acids is 1. The number of carbonyl (C=O) groups is 1. The van der Waals surface area contributed by atoms with E-state index in [9.17, 15) is 4.79 Å². The van der Waals surface area contributed by atoms with E-state index in [2.05, 4.69) is 31.2 Å². The lowest BCUT2D eigenvalue weighted by atomic mass is 9.75. The van der Waals surface area contributed by atoms with Crippen molar-refractivity contribution in [2.75, 3.05) is 27.2 Å². The van der Waals surface area contributed by atoms with Crippen molar-refractivity contribution in [3.8, 4) is 0 Å². The highest BCUT2D eigenvalue weighted by molar-refractivity contribution is 5.78. The number of nitrogens with zero attached hydrogens (tertiary/aromatic N) is 1. The molecule has 1 saturated carbocycles. The highest BCUT2D eigenvalue weighted by atomic mass is 16.1. The summed E-state index contributed by atoms with van der Waals surface area (Å²) in [6, 6.07) is 0. The third-order valence-electron chi connectivity index (χ3n) is 4.41. The Labute approximate surface area is 111 Å².